The van der Waals surface area contributed by atoms with Crippen molar-refractivity contribution in [3.05, 3.63) is 35.5 Å². The largest absolute Gasteiger partial charge is 0.477 e. The maximum absolute atomic E-state index is 11.0. The van der Waals surface area contributed by atoms with Crippen molar-refractivity contribution < 1.29 is 9.90 Å². The second-order valence-corrected chi connectivity index (χ2v) is 4.37. The number of hydrogen-bond donors (Lipinski definition) is 1. The molecule has 2 rings (SSSR count). The maximum atomic E-state index is 11.0. The van der Waals surface area contributed by atoms with E-state index >= 15 is 0 Å². The molecule has 0 radical (unpaired) electrons. The molecule has 84 valence electrons. The summed E-state index contributed by atoms with van der Waals surface area (Å²) in [5.74, 6) is -0.428. The van der Waals surface area contributed by atoms with Crippen LogP contribution in [0.15, 0.2) is 24.3 Å². The van der Waals surface area contributed by atoms with Gasteiger partial charge >= 0.3 is 5.97 Å². The number of rotatable bonds is 2. The van der Waals surface area contributed by atoms with E-state index in [1.165, 1.54) is 5.56 Å². The number of carbonyl (C=O) groups is 1. The van der Waals surface area contributed by atoms with Crippen molar-refractivity contribution in [1.82, 2.24) is 4.57 Å². The van der Waals surface area contributed by atoms with E-state index in [-0.39, 0.29) is 0 Å². The van der Waals surface area contributed by atoms with Crippen LogP contribution in [0.1, 0.15) is 35.8 Å². The highest BCUT2D eigenvalue weighted by Crippen LogP contribution is 2.23. The minimum Gasteiger partial charge on any atom is -0.477 e. The van der Waals surface area contributed by atoms with Crippen molar-refractivity contribution in [2.45, 2.75) is 19.8 Å². The summed E-state index contributed by atoms with van der Waals surface area (Å²) >= 11 is 0. The fourth-order valence-corrected chi connectivity index (χ4v) is 1.93. The van der Waals surface area contributed by atoms with Crippen LogP contribution in [-0.2, 0) is 7.05 Å². The van der Waals surface area contributed by atoms with Gasteiger partial charge in [0.2, 0.25) is 0 Å². The number of benzene rings is 1. The van der Waals surface area contributed by atoms with Crippen molar-refractivity contribution in [2.75, 3.05) is 0 Å². The van der Waals surface area contributed by atoms with Crippen molar-refractivity contribution in [1.29, 1.82) is 0 Å². The van der Waals surface area contributed by atoms with Gasteiger partial charge in [0.05, 0.1) is 0 Å². The summed E-state index contributed by atoms with van der Waals surface area (Å²) in [5, 5.41) is 10.0. The zero-order chi connectivity index (χ0) is 11.9. The molecule has 0 saturated heterocycles. The van der Waals surface area contributed by atoms with Gasteiger partial charge in [0.25, 0.3) is 0 Å². The molecule has 1 heterocycles. The Kier molecular flexibility index (Phi) is 2.46. The first kappa shape index (κ1) is 10.7. The van der Waals surface area contributed by atoms with Crippen LogP contribution in [0.3, 0.4) is 0 Å². The average Bonchev–Trinajstić information content (AvgIpc) is 2.55. The molecule has 2 aromatic rings. The lowest BCUT2D eigenvalue weighted by Gasteiger charge is -2.05. The molecule has 0 fully saturated rings. The maximum Gasteiger partial charge on any atom is 0.352 e. The van der Waals surface area contributed by atoms with Crippen LogP contribution in [0, 0.1) is 0 Å². The third-order valence-corrected chi connectivity index (χ3v) is 2.95. The van der Waals surface area contributed by atoms with Gasteiger partial charge in [0.1, 0.15) is 5.69 Å². The van der Waals surface area contributed by atoms with E-state index < -0.39 is 5.97 Å². The highest BCUT2D eigenvalue weighted by atomic mass is 16.4. The van der Waals surface area contributed by atoms with Crippen LogP contribution in [0.2, 0.25) is 0 Å². The van der Waals surface area contributed by atoms with Gasteiger partial charge in [-0.1, -0.05) is 19.9 Å². The summed E-state index contributed by atoms with van der Waals surface area (Å²) in [5.41, 5.74) is 2.52. The lowest BCUT2D eigenvalue weighted by atomic mass is 10.0. The minimum absolute atomic E-state index is 0.330. The molecule has 0 unspecified atom stereocenters. The molecule has 0 atom stereocenters. The fourth-order valence-electron chi connectivity index (χ4n) is 1.93. The molecule has 1 aromatic carbocycles. The Bertz CT molecular complexity index is 552. The van der Waals surface area contributed by atoms with Gasteiger partial charge in [-0.25, -0.2) is 4.79 Å². The van der Waals surface area contributed by atoms with Crippen LogP contribution in [0.25, 0.3) is 10.9 Å². The van der Waals surface area contributed by atoms with Gasteiger partial charge in [-0.2, -0.15) is 0 Å². The van der Waals surface area contributed by atoms with E-state index in [0.29, 0.717) is 11.6 Å². The van der Waals surface area contributed by atoms with Crippen LogP contribution < -0.4 is 0 Å². The van der Waals surface area contributed by atoms with E-state index in [2.05, 4.69) is 26.0 Å². The number of carboxylic acids is 1. The van der Waals surface area contributed by atoms with Gasteiger partial charge in [-0.05, 0) is 29.7 Å². The van der Waals surface area contributed by atoms with Crippen LogP contribution in [0.4, 0.5) is 0 Å². The number of aryl methyl sites for hydroxylation is 1. The molecule has 1 aromatic heterocycles. The van der Waals surface area contributed by atoms with E-state index in [0.717, 1.165) is 10.9 Å². The molecule has 3 heteroatoms. The summed E-state index contributed by atoms with van der Waals surface area (Å²) < 4.78 is 1.71. The number of aromatic carboxylic acids is 1. The minimum atomic E-state index is -0.884. The zero-order valence-corrected chi connectivity index (χ0v) is 9.69. The first-order valence-corrected chi connectivity index (χ1v) is 5.33. The molecule has 0 amide bonds. The highest BCUT2D eigenvalue weighted by molar-refractivity contribution is 5.94. The molecule has 0 saturated carbocycles. The highest BCUT2D eigenvalue weighted by Gasteiger charge is 2.12. The Labute approximate surface area is 94.3 Å². The molecular weight excluding hydrogens is 202 g/mol. The Hall–Kier alpha value is -1.77. The molecule has 16 heavy (non-hydrogen) atoms. The fraction of sp³-hybridized carbons (Fsp3) is 0.308. The predicted molar refractivity (Wildman–Crippen MR) is 64.0 cm³/mol. The number of hydrogen-bond acceptors (Lipinski definition) is 1. The Morgan fingerprint density at radius 1 is 1.31 bits per heavy atom. The van der Waals surface area contributed by atoms with Crippen LogP contribution in [-0.4, -0.2) is 15.6 Å². The molecule has 0 aliphatic rings. The smallest absolute Gasteiger partial charge is 0.352 e. The first-order valence-electron chi connectivity index (χ1n) is 5.33. The zero-order valence-electron chi connectivity index (χ0n) is 9.69. The number of aromatic nitrogens is 1. The second-order valence-electron chi connectivity index (χ2n) is 4.37. The van der Waals surface area contributed by atoms with Gasteiger partial charge < -0.3 is 9.67 Å². The van der Waals surface area contributed by atoms with Crippen molar-refractivity contribution in [3.8, 4) is 0 Å². The summed E-state index contributed by atoms with van der Waals surface area (Å²) in [6.07, 6.45) is 0. The van der Waals surface area contributed by atoms with Crippen LogP contribution >= 0.6 is 0 Å². The number of fused-ring (bicyclic) bond motifs is 1. The summed E-state index contributed by atoms with van der Waals surface area (Å²) in [4.78, 5) is 11.0. The third-order valence-electron chi connectivity index (χ3n) is 2.95. The molecule has 3 nitrogen and oxygen atoms in total. The molecule has 0 bridgehead atoms. The molecular formula is C13H15NO2. The Balaban J connectivity index is 2.67. The standard InChI is InChI=1S/C13H15NO2/c1-8(2)9-4-5-11-10(6-9)7-12(13(15)16)14(11)3/h4-8H,1-3H3,(H,15,16). The van der Waals surface area contributed by atoms with Gasteiger partial charge in [-0.15, -0.1) is 0 Å². The van der Waals surface area contributed by atoms with Gasteiger partial charge in [0.15, 0.2) is 0 Å². The first-order chi connectivity index (χ1) is 7.50. The summed E-state index contributed by atoms with van der Waals surface area (Å²) in [6, 6.07) is 7.83. The van der Waals surface area contributed by atoms with Crippen LogP contribution in [0.5, 0.6) is 0 Å². The topological polar surface area (TPSA) is 42.2 Å². The van der Waals surface area contributed by atoms with Crippen molar-refractivity contribution >= 4 is 16.9 Å². The lowest BCUT2D eigenvalue weighted by molar-refractivity contribution is 0.0687. The monoisotopic (exact) mass is 217 g/mol. The number of nitrogens with zero attached hydrogens (tertiary/aromatic N) is 1. The quantitative estimate of drug-likeness (QED) is 0.840. The Morgan fingerprint density at radius 2 is 2.00 bits per heavy atom. The predicted octanol–water partition coefficient (Wildman–Crippen LogP) is 3.00. The SMILES string of the molecule is CC(C)c1ccc2c(c1)cc(C(=O)O)n2C. The lowest BCUT2D eigenvalue weighted by Crippen LogP contribution is -2.03. The van der Waals surface area contributed by atoms with Gasteiger partial charge in [0, 0.05) is 18.0 Å². The summed E-state index contributed by atoms with van der Waals surface area (Å²) in [7, 11) is 1.78. The third kappa shape index (κ3) is 1.58. The van der Waals surface area contributed by atoms with Crippen molar-refractivity contribution in [2.24, 2.45) is 7.05 Å². The van der Waals surface area contributed by atoms with E-state index in [1.54, 1.807) is 17.7 Å². The molecule has 0 aliphatic carbocycles. The number of carboxylic acid groups (broad SMARTS) is 1. The second kappa shape index (κ2) is 3.67. The normalized spacial score (nSPS) is 11.2. The van der Waals surface area contributed by atoms with E-state index in [4.69, 9.17) is 5.11 Å². The average molecular weight is 217 g/mol. The Morgan fingerprint density at radius 3 is 2.56 bits per heavy atom. The van der Waals surface area contributed by atoms with E-state index in [9.17, 15) is 4.79 Å². The molecule has 0 aliphatic heterocycles. The van der Waals surface area contributed by atoms with Crippen molar-refractivity contribution in [3.63, 3.8) is 0 Å². The van der Waals surface area contributed by atoms with Gasteiger partial charge in [-0.3, -0.25) is 0 Å². The summed E-state index contributed by atoms with van der Waals surface area (Å²) in [6.45, 7) is 4.25. The molecule has 1 N–H and O–H groups in total. The molecule has 0 spiro atoms. The van der Waals surface area contributed by atoms with E-state index in [1.807, 2.05) is 6.07 Å².